The summed E-state index contributed by atoms with van der Waals surface area (Å²) in [7, 11) is -5.55. The van der Waals surface area contributed by atoms with Crippen LogP contribution in [0.1, 0.15) is 6.23 Å². The standard InChI is InChI=1S/C13H24N4O11P2/c1-17(2,3)7-26-30(23,24)28-29(21,22)25-6-8-10(18)11(19)12(27-8)16-5-4-9(14)15-13(16)20/h4-5,8,10-12,18-19H,6-7H2,1-3H3,(H3-,14,15,20,21,22,23,24)/t8-,10-,11-,12-/m1/s1. The van der Waals surface area contributed by atoms with E-state index in [4.69, 9.17) is 10.5 Å². The number of aromatic nitrogens is 2. The number of nitrogen functional groups attached to an aromatic ring is 1. The first-order chi connectivity index (χ1) is 13.6. The number of phosphoric acid groups is 2. The normalized spacial score (nSPS) is 28.8. The molecule has 1 fully saturated rings. The minimum atomic E-state index is -5.19. The lowest BCUT2D eigenvalue weighted by Crippen LogP contribution is -2.37. The van der Waals surface area contributed by atoms with Crippen LogP contribution in [-0.2, 0) is 27.2 Å². The van der Waals surface area contributed by atoms with Crippen molar-refractivity contribution in [2.24, 2.45) is 0 Å². The molecule has 1 aromatic rings. The third kappa shape index (κ3) is 6.90. The Morgan fingerprint density at radius 2 is 1.93 bits per heavy atom. The second-order valence-corrected chi connectivity index (χ2v) is 10.4. The molecule has 2 unspecified atom stereocenters. The van der Waals surface area contributed by atoms with E-state index in [1.807, 2.05) is 0 Å². The second kappa shape index (κ2) is 9.10. The molecule has 6 atom stereocenters. The SMILES string of the molecule is C[N+](C)(C)COP(=O)([O-])OP(=O)(O)OC[C@H]1O[C@@H](n2ccc(N)nc2=O)[C@H](O)[C@@H]1O. The Morgan fingerprint density at radius 1 is 1.30 bits per heavy atom. The van der Waals surface area contributed by atoms with Crippen molar-refractivity contribution in [1.29, 1.82) is 0 Å². The van der Waals surface area contributed by atoms with Crippen molar-refractivity contribution in [1.82, 2.24) is 9.55 Å². The molecule has 5 N–H and O–H groups in total. The Hall–Kier alpha value is -1.22. The Bertz CT molecular complexity index is 904. The highest BCUT2D eigenvalue weighted by Crippen LogP contribution is 2.58. The smallest absolute Gasteiger partial charge is 0.478 e. The molecule has 0 bridgehead atoms. The van der Waals surface area contributed by atoms with Crippen LogP contribution in [0, 0.1) is 0 Å². The monoisotopic (exact) mass is 474 g/mol. The molecule has 1 aliphatic rings. The van der Waals surface area contributed by atoms with E-state index >= 15 is 0 Å². The van der Waals surface area contributed by atoms with Gasteiger partial charge in [0.1, 0.15) is 24.1 Å². The molecule has 1 aromatic heterocycles. The highest BCUT2D eigenvalue weighted by atomic mass is 31.3. The molecule has 0 spiro atoms. The highest BCUT2D eigenvalue weighted by Gasteiger charge is 2.45. The van der Waals surface area contributed by atoms with Crippen molar-refractivity contribution in [3.63, 3.8) is 0 Å². The van der Waals surface area contributed by atoms with Gasteiger partial charge >= 0.3 is 13.5 Å². The van der Waals surface area contributed by atoms with Crippen LogP contribution in [0.25, 0.3) is 0 Å². The fourth-order valence-electron chi connectivity index (χ4n) is 2.30. The van der Waals surface area contributed by atoms with Gasteiger partial charge in [-0.05, 0) is 6.07 Å². The number of rotatable bonds is 9. The van der Waals surface area contributed by atoms with Crippen molar-refractivity contribution in [3.8, 4) is 0 Å². The summed E-state index contributed by atoms with van der Waals surface area (Å²) in [4.78, 5) is 36.6. The predicted molar refractivity (Wildman–Crippen MR) is 97.3 cm³/mol. The molecule has 0 aromatic carbocycles. The molecule has 2 rings (SSSR count). The summed E-state index contributed by atoms with van der Waals surface area (Å²) in [5.41, 5.74) is 4.51. The lowest BCUT2D eigenvalue weighted by Gasteiger charge is -2.29. The molecule has 2 heterocycles. The molecule has 15 nitrogen and oxygen atoms in total. The zero-order chi connectivity index (χ0) is 22.9. The molecule has 1 aliphatic heterocycles. The maximum Gasteiger partial charge on any atom is 0.478 e. The van der Waals surface area contributed by atoms with Crippen LogP contribution in [-0.4, -0.2) is 81.9 Å². The summed E-state index contributed by atoms with van der Waals surface area (Å²) < 4.78 is 42.9. The third-order valence-electron chi connectivity index (χ3n) is 3.67. The number of quaternary nitrogens is 1. The van der Waals surface area contributed by atoms with Crippen LogP contribution in [0.3, 0.4) is 0 Å². The van der Waals surface area contributed by atoms with Crippen LogP contribution < -0.4 is 16.3 Å². The van der Waals surface area contributed by atoms with E-state index in [-0.39, 0.29) is 17.0 Å². The Labute approximate surface area is 171 Å². The van der Waals surface area contributed by atoms with E-state index in [0.29, 0.717) is 0 Å². The predicted octanol–water partition coefficient (Wildman–Crippen LogP) is -2.27. The van der Waals surface area contributed by atoms with Crippen molar-refractivity contribution in [3.05, 3.63) is 22.7 Å². The third-order valence-corrected chi connectivity index (χ3v) is 6.20. The number of ether oxygens (including phenoxy) is 1. The van der Waals surface area contributed by atoms with E-state index in [1.54, 1.807) is 21.1 Å². The number of anilines is 1. The van der Waals surface area contributed by atoms with Gasteiger partial charge in [-0.2, -0.15) is 4.98 Å². The molecule has 172 valence electrons. The molecule has 17 heteroatoms. The molecule has 0 aliphatic carbocycles. The number of hydrogen-bond donors (Lipinski definition) is 4. The van der Waals surface area contributed by atoms with Gasteiger partial charge in [0.05, 0.1) is 27.7 Å². The summed E-state index contributed by atoms with van der Waals surface area (Å²) in [6.07, 6.45) is -4.90. The van der Waals surface area contributed by atoms with Gasteiger partial charge in [-0.3, -0.25) is 18.2 Å². The van der Waals surface area contributed by atoms with E-state index in [1.165, 1.54) is 12.3 Å². The molecule has 30 heavy (non-hydrogen) atoms. The molecule has 0 amide bonds. The number of nitrogens with two attached hydrogens (primary N) is 1. The summed E-state index contributed by atoms with van der Waals surface area (Å²) in [5, 5.41) is 20.2. The van der Waals surface area contributed by atoms with E-state index < -0.39 is 52.5 Å². The first-order valence-electron chi connectivity index (χ1n) is 8.41. The zero-order valence-electron chi connectivity index (χ0n) is 16.3. The number of phosphoric ester groups is 2. The Balaban J connectivity index is 2.00. The molecular weight excluding hydrogens is 450 g/mol. The highest BCUT2D eigenvalue weighted by molar-refractivity contribution is 7.60. The summed E-state index contributed by atoms with van der Waals surface area (Å²) in [5.74, 6) is -0.0722. The molecule has 1 saturated heterocycles. The van der Waals surface area contributed by atoms with Gasteiger partial charge in [-0.1, -0.05) is 0 Å². The number of aliphatic hydroxyl groups excluding tert-OH is 2. The van der Waals surface area contributed by atoms with Crippen molar-refractivity contribution in [2.45, 2.75) is 24.5 Å². The molecule has 0 radical (unpaired) electrons. The van der Waals surface area contributed by atoms with Gasteiger partial charge in [0.2, 0.25) is 0 Å². The first-order valence-corrected chi connectivity index (χ1v) is 11.4. The largest absolute Gasteiger partial charge is 0.756 e. The van der Waals surface area contributed by atoms with E-state index in [0.717, 1.165) is 4.57 Å². The number of hydrogen-bond acceptors (Lipinski definition) is 12. The van der Waals surface area contributed by atoms with E-state index in [9.17, 15) is 33.9 Å². The van der Waals surface area contributed by atoms with Crippen LogP contribution in [0.5, 0.6) is 0 Å². The maximum absolute atomic E-state index is 11.9. The fourth-order valence-corrected chi connectivity index (χ4v) is 4.51. The van der Waals surface area contributed by atoms with Gasteiger partial charge in [0.15, 0.2) is 13.0 Å². The van der Waals surface area contributed by atoms with Crippen LogP contribution in [0.2, 0.25) is 0 Å². The number of nitrogens with zero attached hydrogens (tertiary/aromatic N) is 3. The molecular formula is C13H24N4O11P2. The minimum Gasteiger partial charge on any atom is -0.756 e. The van der Waals surface area contributed by atoms with Crippen molar-refractivity contribution < 1.29 is 51.7 Å². The van der Waals surface area contributed by atoms with E-state index in [2.05, 4.69) is 18.3 Å². The molecule has 0 saturated carbocycles. The summed E-state index contributed by atoms with van der Waals surface area (Å²) in [6, 6.07) is 1.26. The summed E-state index contributed by atoms with van der Waals surface area (Å²) >= 11 is 0. The average molecular weight is 474 g/mol. The second-order valence-electron chi connectivity index (χ2n) is 7.43. The van der Waals surface area contributed by atoms with Crippen molar-refractivity contribution in [2.75, 3.05) is 40.2 Å². The Morgan fingerprint density at radius 3 is 2.50 bits per heavy atom. The van der Waals surface area contributed by atoms with Crippen LogP contribution in [0.15, 0.2) is 17.1 Å². The van der Waals surface area contributed by atoms with Gasteiger partial charge in [-0.25, -0.2) is 13.7 Å². The van der Waals surface area contributed by atoms with Gasteiger partial charge in [0.25, 0.3) is 7.82 Å². The lowest BCUT2D eigenvalue weighted by molar-refractivity contribution is -0.887. The Kier molecular flexibility index (Phi) is 7.60. The summed E-state index contributed by atoms with van der Waals surface area (Å²) in [6.45, 7) is -1.22. The number of aliphatic hydroxyl groups is 2. The van der Waals surface area contributed by atoms with Gasteiger partial charge in [0, 0.05) is 6.20 Å². The van der Waals surface area contributed by atoms with Crippen LogP contribution >= 0.6 is 15.6 Å². The fraction of sp³-hybridized carbons (Fsp3) is 0.692. The van der Waals surface area contributed by atoms with Gasteiger partial charge in [-0.15, -0.1) is 0 Å². The zero-order valence-corrected chi connectivity index (χ0v) is 18.1. The quantitative estimate of drug-likeness (QED) is 0.169. The lowest BCUT2D eigenvalue weighted by atomic mass is 10.1. The first kappa shape index (κ1) is 25.0. The maximum atomic E-state index is 11.9. The average Bonchev–Trinajstić information content (AvgIpc) is 2.85. The van der Waals surface area contributed by atoms with Crippen molar-refractivity contribution >= 4 is 21.5 Å². The minimum absolute atomic E-state index is 0.0624. The topological polar surface area (TPSA) is 216 Å². The van der Waals surface area contributed by atoms with Gasteiger partial charge < -0.3 is 35.0 Å². The van der Waals surface area contributed by atoms with Crippen LogP contribution in [0.4, 0.5) is 5.82 Å².